The molecule has 0 amide bonds. The first-order valence-electron chi connectivity index (χ1n) is 7.21. The van der Waals surface area contributed by atoms with Crippen molar-refractivity contribution in [3.63, 3.8) is 0 Å². The lowest BCUT2D eigenvalue weighted by Crippen LogP contribution is -2.50. The van der Waals surface area contributed by atoms with Gasteiger partial charge in [0.25, 0.3) is 0 Å². The third-order valence-electron chi connectivity index (χ3n) is 4.06. The lowest BCUT2D eigenvalue weighted by atomic mass is 9.93. The number of piperidine rings is 1. The second kappa shape index (κ2) is 8.06. The van der Waals surface area contributed by atoms with Crippen LogP contribution in [-0.4, -0.2) is 43.8 Å². The van der Waals surface area contributed by atoms with Gasteiger partial charge < -0.3 is 10.5 Å². The first-order valence-corrected chi connectivity index (χ1v) is 7.21. The molecule has 0 aliphatic carbocycles. The lowest BCUT2D eigenvalue weighted by Gasteiger charge is -2.39. The molecular weight excluding hydrogens is 212 g/mol. The summed E-state index contributed by atoms with van der Waals surface area (Å²) in [5.74, 6) is 0.760. The highest BCUT2D eigenvalue weighted by molar-refractivity contribution is 4.84. The maximum absolute atomic E-state index is 6.30. The lowest BCUT2D eigenvalue weighted by molar-refractivity contribution is 0.0699. The minimum atomic E-state index is 0.351. The van der Waals surface area contributed by atoms with E-state index in [1.165, 1.54) is 38.8 Å². The van der Waals surface area contributed by atoms with Gasteiger partial charge in [0.15, 0.2) is 0 Å². The van der Waals surface area contributed by atoms with E-state index in [-0.39, 0.29) is 0 Å². The third kappa shape index (κ3) is 4.57. The fraction of sp³-hybridized carbons (Fsp3) is 1.00. The van der Waals surface area contributed by atoms with Crippen LogP contribution in [0.3, 0.4) is 0 Å². The van der Waals surface area contributed by atoms with E-state index in [4.69, 9.17) is 10.5 Å². The summed E-state index contributed by atoms with van der Waals surface area (Å²) >= 11 is 0. The maximum Gasteiger partial charge on any atom is 0.0491 e. The van der Waals surface area contributed by atoms with Gasteiger partial charge in [0.1, 0.15) is 0 Å². The Balaban J connectivity index is 2.39. The summed E-state index contributed by atoms with van der Waals surface area (Å²) < 4.78 is 5.25. The van der Waals surface area contributed by atoms with Crippen LogP contribution in [0.15, 0.2) is 0 Å². The van der Waals surface area contributed by atoms with Crippen LogP contribution in [0.25, 0.3) is 0 Å². The molecule has 1 rings (SSSR count). The van der Waals surface area contributed by atoms with E-state index < -0.39 is 0 Å². The van der Waals surface area contributed by atoms with Crippen molar-refractivity contribution < 1.29 is 4.74 Å². The van der Waals surface area contributed by atoms with Crippen molar-refractivity contribution in [2.24, 2.45) is 11.7 Å². The minimum absolute atomic E-state index is 0.351. The van der Waals surface area contributed by atoms with Gasteiger partial charge in [0.2, 0.25) is 0 Å². The minimum Gasteiger partial charge on any atom is -0.384 e. The molecule has 0 bridgehead atoms. The molecule has 1 saturated heterocycles. The van der Waals surface area contributed by atoms with E-state index in [0.29, 0.717) is 12.1 Å². The van der Waals surface area contributed by atoms with Gasteiger partial charge in [-0.1, -0.05) is 20.3 Å². The Bertz CT molecular complexity index is 191. The molecule has 0 aromatic carbocycles. The van der Waals surface area contributed by atoms with Crippen molar-refractivity contribution in [3.05, 3.63) is 0 Å². The maximum atomic E-state index is 6.30. The van der Waals surface area contributed by atoms with Crippen molar-refractivity contribution in [3.8, 4) is 0 Å². The molecule has 1 aliphatic heterocycles. The van der Waals surface area contributed by atoms with E-state index in [0.717, 1.165) is 18.9 Å². The Morgan fingerprint density at radius 2 is 1.94 bits per heavy atom. The molecule has 0 aromatic heterocycles. The van der Waals surface area contributed by atoms with Gasteiger partial charge >= 0.3 is 0 Å². The topological polar surface area (TPSA) is 38.5 Å². The van der Waals surface area contributed by atoms with Crippen LogP contribution in [0.1, 0.15) is 46.0 Å². The molecule has 2 unspecified atom stereocenters. The predicted molar refractivity (Wildman–Crippen MR) is 73.1 cm³/mol. The summed E-state index contributed by atoms with van der Waals surface area (Å²) in [6.07, 6.45) is 6.05. The Hall–Kier alpha value is -0.120. The number of hydrogen-bond acceptors (Lipinski definition) is 3. The summed E-state index contributed by atoms with van der Waals surface area (Å²) in [6.45, 7) is 7.80. The molecule has 0 aromatic rings. The van der Waals surface area contributed by atoms with E-state index in [1.54, 1.807) is 7.11 Å². The van der Waals surface area contributed by atoms with E-state index in [2.05, 4.69) is 18.7 Å². The zero-order valence-electron chi connectivity index (χ0n) is 11.8. The summed E-state index contributed by atoms with van der Waals surface area (Å²) in [5, 5.41) is 0. The normalized spacial score (nSPS) is 22.6. The molecule has 2 atom stereocenters. The molecule has 1 aliphatic rings. The highest BCUT2D eigenvalue weighted by atomic mass is 16.5. The molecule has 1 heterocycles. The van der Waals surface area contributed by atoms with Crippen molar-refractivity contribution in [2.75, 3.05) is 26.8 Å². The number of hydrogen-bond donors (Lipinski definition) is 1. The van der Waals surface area contributed by atoms with Gasteiger partial charge in [0.05, 0.1) is 0 Å². The predicted octanol–water partition coefficient (Wildman–Crippen LogP) is 2.25. The number of likely N-dealkylation sites (tertiary alicyclic amines) is 1. The molecule has 17 heavy (non-hydrogen) atoms. The molecule has 2 N–H and O–H groups in total. The molecule has 0 saturated carbocycles. The highest BCUT2D eigenvalue weighted by Gasteiger charge is 2.27. The quantitative estimate of drug-likeness (QED) is 0.744. The molecule has 0 spiro atoms. The average molecular weight is 242 g/mol. The van der Waals surface area contributed by atoms with Crippen LogP contribution >= 0.6 is 0 Å². The molecule has 1 fully saturated rings. The molecule has 3 heteroatoms. The van der Waals surface area contributed by atoms with Crippen molar-refractivity contribution in [1.29, 1.82) is 0 Å². The van der Waals surface area contributed by atoms with Crippen LogP contribution in [0.5, 0.6) is 0 Å². The summed E-state index contributed by atoms with van der Waals surface area (Å²) in [6, 6.07) is 0.933. The third-order valence-corrected chi connectivity index (χ3v) is 4.06. The van der Waals surface area contributed by atoms with Gasteiger partial charge in [-0.25, -0.2) is 0 Å². The molecule has 3 nitrogen and oxygen atoms in total. The summed E-state index contributed by atoms with van der Waals surface area (Å²) in [7, 11) is 1.80. The number of methoxy groups -OCH3 is 1. The number of rotatable bonds is 7. The van der Waals surface area contributed by atoms with E-state index >= 15 is 0 Å². The van der Waals surface area contributed by atoms with Crippen molar-refractivity contribution >= 4 is 0 Å². The number of ether oxygens (including phenoxy) is 1. The van der Waals surface area contributed by atoms with Crippen LogP contribution in [0.2, 0.25) is 0 Å². The Morgan fingerprint density at radius 1 is 1.29 bits per heavy atom. The second-order valence-electron chi connectivity index (χ2n) is 5.36. The number of nitrogens with two attached hydrogens (primary N) is 1. The van der Waals surface area contributed by atoms with Gasteiger partial charge in [-0.3, -0.25) is 4.90 Å². The van der Waals surface area contributed by atoms with Gasteiger partial charge in [-0.2, -0.15) is 0 Å². The van der Waals surface area contributed by atoms with E-state index in [1.807, 2.05) is 0 Å². The first kappa shape index (κ1) is 14.9. The van der Waals surface area contributed by atoms with Crippen molar-refractivity contribution in [2.45, 2.75) is 58.0 Å². The largest absolute Gasteiger partial charge is 0.384 e. The Kier molecular flexibility index (Phi) is 7.09. The molecular formula is C14H30N2O. The fourth-order valence-corrected chi connectivity index (χ4v) is 3.04. The van der Waals surface area contributed by atoms with E-state index in [9.17, 15) is 0 Å². The summed E-state index contributed by atoms with van der Waals surface area (Å²) in [4.78, 5) is 2.60. The number of nitrogens with zero attached hydrogens (tertiary/aromatic N) is 1. The zero-order chi connectivity index (χ0) is 12.7. The van der Waals surface area contributed by atoms with Crippen LogP contribution in [0.4, 0.5) is 0 Å². The second-order valence-corrected chi connectivity index (χ2v) is 5.36. The smallest absolute Gasteiger partial charge is 0.0491 e. The first-order chi connectivity index (χ1) is 8.22. The standard InChI is InChI=1S/C14H30N2O/c1-4-6-13(15)14(5-2)16-9-7-12(8-10-16)11-17-3/h12-14H,4-11,15H2,1-3H3. The highest BCUT2D eigenvalue weighted by Crippen LogP contribution is 2.22. The van der Waals surface area contributed by atoms with Gasteiger partial charge in [-0.05, 0) is 44.7 Å². The molecule has 102 valence electrons. The van der Waals surface area contributed by atoms with Crippen LogP contribution < -0.4 is 5.73 Å². The monoisotopic (exact) mass is 242 g/mol. The van der Waals surface area contributed by atoms with Crippen LogP contribution in [-0.2, 0) is 4.74 Å². The molecule has 0 radical (unpaired) electrons. The SMILES string of the molecule is CCCC(N)C(CC)N1CCC(COC)CC1. The average Bonchev–Trinajstić information content (AvgIpc) is 2.33. The Morgan fingerprint density at radius 3 is 2.41 bits per heavy atom. The van der Waals surface area contributed by atoms with Gasteiger partial charge in [0, 0.05) is 25.8 Å². The summed E-state index contributed by atoms with van der Waals surface area (Å²) in [5.41, 5.74) is 6.30. The fourth-order valence-electron chi connectivity index (χ4n) is 3.04. The van der Waals surface area contributed by atoms with Crippen molar-refractivity contribution in [1.82, 2.24) is 4.90 Å². The van der Waals surface area contributed by atoms with Gasteiger partial charge in [-0.15, -0.1) is 0 Å². The zero-order valence-corrected chi connectivity index (χ0v) is 11.8. The van der Waals surface area contributed by atoms with Crippen LogP contribution in [0, 0.1) is 5.92 Å². The Labute approximate surface area is 107 Å².